The first-order valence-corrected chi connectivity index (χ1v) is 9.96. The number of nitrogens with two attached hydrogens (primary N) is 1. The van der Waals surface area contributed by atoms with Crippen LogP contribution in [0.1, 0.15) is 28.7 Å². The number of anilines is 1. The third-order valence-electron chi connectivity index (χ3n) is 4.46. The van der Waals surface area contributed by atoms with Crippen LogP contribution in [0.2, 0.25) is 0 Å². The molecule has 0 bridgehead atoms. The van der Waals surface area contributed by atoms with Gasteiger partial charge in [0.25, 0.3) is 5.91 Å². The Balaban J connectivity index is 2.04. The molecular formula is C17H18F2N6O3S. The molecule has 1 aliphatic heterocycles. The number of hydrogen-bond acceptors (Lipinski definition) is 7. The Labute approximate surface area is 165 Å². The number of sulfonamides is 1. The van der Waals surface area contributed by atoms with Crippen molar-refractivity contribution in [3.63, 3.8) is 0 Å². The molecule has 1 amide bonds. The molecule has 0 radical (unpaired) electrons. The Kier molecular flexibility index (Phi) is 4.99. The van der Waals surface area contributed by atoms with Crippen molar-refractivity contribution in [1.29, 1.82) is 0 Å². The average Bonchev–Trinajstić information content (AvgIpc) is 2.62. The Morgan fingerprint density at radius 2 is 1.97 bits per heavy atom. The Morgan fingerprint density at radius 1 is 1.28 bits per heavy atom. The second-order valence-corrected chi connectivity index (χ2v) is 8.75. The van der Waals surface area contributed by atoms with Gasteiger partial charge in [-0.3, -0.25) is 9.78 Å². The fourth-order valence-corrected chi connectivity index (χ4v) is 4.36. The van der Waals surface area contributed by atoms with Gasteiger partial charge in [-0.1, -0.05) is 0 Å². The molecule has 1 atom stereocenters. The first kappa shape index (κ1) is 20.6. The van der Waals surface area contributed by atoms with Crippen LogP contribution >= 0.6 is 0 Å². The molecule has 3 rings (SSSR count). The lowest BCUT2D eigenvalue weighted by Gasteiger charge is -2.35. The van der Waals surface area contributed by atoms with Crippen LogP contribution < -0.4 is 11.1 Å². The molecular weight excluding hydrogens is 406 g/mol. The molecule has 0 saturated carbocycles. The monoisotopic (exact) mass is 424 g/mol. The van der Waals surface area contributed by atoms with E-state index in [4.69, 9.17) is 5.73 Å². The van der Waals surface area contributed by atoms with Gasteiger partial charge in [-0.15, -0.1) is 0 Å². The lowest BCUT2D eigenvalue weighted by atomic mass is 9.92. The zero-order valence-corrected chi connectivity index (χ0v) is 16.6. The van der Waals surface area contributed by atoms with Crippen molar-refractivity contribution in [2.24, 2.45) is 10.7 Å². The summed E-state index contributed by atoms with van der Waals surface area (Å²) in [5.41, 5.74) is 3.35. The summed E-state index contributed by atoms with van der Waals surface area (Å²) < 4.78 is 55.1. The Hall–Kier alpha value is -3.15. The molecule has 2 aromatic rings. The van der Waals surface area contributed by atoms with Gasteiger partial charge in [-0.2, -0.15) is 0 Å². The van der Waals surface area contributed by atoms with E-state index in [0.29, 0.717) is 5.69 Å². The number of amides is 1. The average molecular weight is 424 g/mol. The first-order valence-electron chi connectivity index (χ1n) is 8.35. The molecule has 2 heterocycles. The quantitative estimate of drug-likeness (QED) is 0.759. The number of hydrogen-bond donors (Lipinski definition) is 2. The highest BCUT2D eigenvalue weighted by molar-refractivity contribution is 7.89. The molecule has 9 nitrogen and oxygen atoms in total. The highest BCUT2D eigenvalue weighted by Crippen LogP contribution is 2.37. The predicted octanol–water partition coefficient (Wildman–Crippen LogP) is 1.12. The number of halogens is 2. The molecule has 29 heavy (non-hydrogen) atoms. The lowest BCUT2D eigenvalue weighted by Crippen LogP contribution is -2.50. The van der Waals surface area contributed by atoms with E-state index in [1.165, 1.54) is 26.4 Å². The smallest absolute Gasteiger partial charge is 0.275 e. The van der Waals surface area contributed by atoms with Crippen molar-refractivity contribution < 1.29 is 22.0 Å². The standard InChI is InChI=1S/C17H18F2N6O3S/c1-9-6-22-12(7-21-9)15(26)23-11-5-4-10(18)13(14(11)19)17(2)8-29(27,28)25(3)16(20)24-17/h4-7H,8H2,1-3H3,(H2,20,24)(H,23,26)/t17-/m0/s1. The van der Waals surface area contributed by atoms with Crippen molar-refractivity contribution in [3.8, 4) is 0 Å². The topological polar surface area (TPSA) is 131 Å². The van der Waals surface area contributed by atoms with Gasteiger partial charge in [-0.25, -0.2) is 31.5 Å². The predicted molar refractivity (Wildman–Crippen MR) is 102 cm³/mol. The van der Waals surface area contributed by atoms with E-state index < -0.39 is 50.4 Å². The van der Waals surface area contributed by atoms with E-state index in [2.05, 4.69) is 20.3 Å². The number of guanidine groups is 1. The summed E-state index contributed by atoms with van der Waals surface area (Å²) >= 11 is 0. The van der Waals surface area contributed by atoms with Crippen LogP contribution in [0.4, 0.5) is 14.5 Å². The second-order valence-electron chi connectivity index (χ2n) is 6.75. The van der Waals surface area contributed by atoms with Gasteiger partial charge in [0, 0.05) is 13.2 Å². The van der Waals surface area contributed by atoms with Crippen LogP contribution in [0, 0.1) is 18.6 Å². The minimum Gasteiger partial charge on any atom is -0.369 e. The molecule has 1 aliphatic rings. The maximum atomic E-state index is 15.2. The van der Waals surface area contributed by atoms with E-state index in [0.717, 1.165) is 16.4 Å². The Bertz CT molecular complexity index is 1120. The number of aliphatic imine (C=N–C) groups is 1. The summed E-state index contributed by atoms with van der Waals surface area (Å²) in [7, 11) is -2.75. The van der Waals surface area contributed by atoms with Crippen LogP contribution in [0.5, 0.6) is 0 Å². The zero-order chi connectivity index (χ0) is 21.6. The van der Waals surface area contributed by atoms with E-state index in [-0.39, 0.29) is 11.4 Å². The molecule has 0 aliphatic carbocycles. The third-order valence-corrected chi connectivity index (χ3v) is 6.40. The van der Waals surface area contributed by atoms with Gasteiger partial charge >= 0.3 is 0 Å². The molecule has 0 saturated heterocycles. The van der Waals surface area contributed by atoms with Gasteiger partial charge in [0.05, 0.1) is 28.9 Å². The van der Waals surface area contributed by atoms with Gasteiger partial charge in [-0.05, 0) is 26.0 Å². The molecule has 12 heteroatoms. The van der Waals surface area contributed by atoms with E-state index in [9.17, 15) is 17.6 Å². The number of carbonyl (C=O) groups is 1. The number of nitrogens with one attached hydrogen (secondary N) is 1. The second kappa shape index (κ2) is 7.03. The molecule has 0 unspecified atom stereocenters. The lowest BCUT2D eigenvalue weighted by molar-refractivity contribution is 0.102. The van der Waals surface area contributed by atoms with Gasteiger partial charge in [0.15, 0.2) is 5.82 Å². The molecule has 1 aromatic carbocycles. The summed E-state index contributed by atoms with van der Waals surface area (Å²) in [6.45, 7) is 2.94. The Morgan fingerprint density at radius 3 is 2.55 bits per heavy atom. The van der Waals surface area contributed by atoms with Crippen LogP contribution in [0.15, 0.2) is 29.5 Å². The number of aromatic nitrogens is 2. The fraction of sp³-hybridized carbons (Fsp3) is 0.294. The highest BCUT2D eigenvalue weighted by Gasteiger charge is 2.43. The number of aryl methyl sites for hydroxylation is 1. The number of rotatable bonds is 3. The maximum absolute atomic E-state index is 15.2. The minimum atomic E-state index is -3.94. The molecule has 1 aromatic heterocycles. The highest BCUT2D eigenvalue weighted by atomic mass is 32.2. The van der Waals surface area contributed by atoms with E-state index >= 15 is 4.39 Å². The van der Waals surface area contributed by atoms with Gasteiger partial charge < -0.3 is 11.1 Å². The van der Waals surface area contributed by atoms with Crippen molar-refractivity contribution >= 4 is 27.6 Å². The largest absolute Gasteiger partial charge is 0.369 e. The van der Waals surface area contributed by atoms with Crippen molar-refractivity contribution in [2.45, 2.75) is 19.4 Å². The summed E-state index contributed by atoms with van der Waals surface area (Å²) in [4.78, 5) is 24.1. The van der Waals surface area contributed by atoms with Crippen molar-refractivity contribution in [1.82, 2.24) is 14.3 Å². The van der Waals surface area contributed by atoms with E-state index in [1.807, 2.05) is 0 Å². The van der Waals surface area contributed by atoms with Crippen molar-refractivity contribution in [3.05, 3.63) is 53.1 Å². The molecule has 0 fully saturated rings. The third kappa shape index (κ3) is 3.75. The van der Waals surface area contributed by atoms with Crippen LogP contribution in [0.3, 0.4) is 0 Å². The summed E-state index contributed by atoms with van der Waals surface area (Å²) in [5, 5.41) is 2.29. The zero-order valence-electron chi connectivity index (χ0n) is 15.8. The number of benzene rings is 1. The molecule has 3 N–H and O–H groups in total. The van der Waals surface area contributed by atoms with Crippen LogP contribution in [0.25, 0.3) is 0 Å². The van der Waals surface area contributed by atoms with Crippen molar-refractivity contribution in [2.75, 3.05) is 18.1 Å². The van der Waals surface area contributed by atoms with E-state index in [1.54, 1.807) is 6.92 Å². The van der Waals surface area contributed by atoms with Gasteiger partial charge in [0.2, 0.25) is 16.0 Å². The van der Waals surface area contributed by atoms with Crippen LogP contribution in [-0.4, -0.2) is 47.4 Å². The summed E-state index contributed by atoms with van der Waals surface area (Å²) in [5.74, 6) is -4.04. The van der Waals surface area contributed by atoms with Gasteiger partial charge in [0.1, 0.15) is 17.1 Å². The number of carbonyl (C=O) groups excluding carboxylic acids is 1. The molecule has 0 spiro atoms. The number of nitrogens with zero attached hydrogens (tertiary/aromatic N) is 4. The maximum Gasteiger partial charge on any atom is 0.275 e. The van der Waals surface area contributed by atoms with Crippen LogP contribution in [-0.2, 0) is 15.6 Å². The molecule has 154 valence electrons. The SMILES string of the molecule is Cc1cnc(C(=O)Nc2ccc(F)c([C@]3(C)CS(=O)(=O)N(C)C(N)=N3)c2F)cn1. The summed E-state index contributed by atoms with van der Waals surface area (Å²) in [6, 6.07) is 1.93. The minimum absolute atomic E-state index is 0.0729. The summed E-state index contributed by atoms with van der Waals surface area (Å²) in [6.07, 6.45) is 2.58. The fourth-order valence-electron chi connectivity index (χ4n) is 2.92. The normalized spacial score (nSPS) is 20.9. The first-order chi connectivity index (χ1) is 13.4.